The molecule has 0 unspecified atom stereocenters. The van der Waals surface area contributed by atoms with Gasteiger partial charge in [-0.05, 0) is 54.3 Å². The lowest BCUT2D eigenvalue weighted by Crippen LogP contribution is -1.99. The van der Waals surface area contributed by atoms with E-state index in [2.05, 4.69) is 35.8 Å². The Labute approximate surface area is 111 Å². The van der Waals surface area contributed by atoms with Crippen molar-refractivity contribution in [3.8, 4) is 0 Å². The van der Waals surface area contributed by atoms with Crippen LogP contribution in [-0.4, -0.2) is 4.57 Å². The van der Waals surface area contributed by atoms with Gasteiger partial charge in [-0.1, -0.05) is 11.6 Å². The topological polar surface area (TPSA) is 30.9 Å². The number of aromatic nitrogens is 1. The number of aryl methyl sites for hydroxylation is 1. The summed E-state index contributed by atoms with van der Waals surface area (Å²) in [5.74, 6) is -0.290. The molecule has 1 aromatic heterocycles. The summed E-state index contributed by atoms with van der Waals surface area (Å²) in [6.45, 7) is 2.69. The Morgan fingerprint density at radius 3 is 2.74 bits per heavy atom. The SMILES string of the molecule is Cc1ccc2c(ccn2Cc2cc(N)cc(F)c2)c1. The summed E-state index contributed by atoms with van der Waals surface area (Å²) in [6, 6.07) is 13.1. The molecule has 0 aliphatic carbocycles. The van der Waals surface area contributed by atoms with Crippen molar-refractivity contribution in [3.63, 3.8) is 0 Å². The Balaban J connectivity index is 2.01. The summed E-state index contributed by atoms with van der Waals surface area (Å²) in [5.41, 5.74) is 9.39. The zero-order chi connectivity index (χ0) is 13.4. The highest BCUT2D eigenvalue weighted by atomic mass is 19.1. The highest BCUT2D eigenvalue weighted by Gasteiger charge is 2.04. The predicted octanol–water partition coefficient (Wildman–Crippen LogP) is 3.72. The van der Waals surface area contributed by atoms with E-state index < -0.39 is 0 Å². The van der Waals surface area contributed by atoms with E-state index in [0.29, 0.717) is 12.2 Å². The van der Waals surface area contributed by atoms with Crippen molar-refractivity contribution in [2.45, 2.75) is 13.5 Å². The molecule has 0 amide bonds. The molecule has 0 saturated carbocycles. The molecule has 0 fully saturated rings. The van der Waals surface area contributed by atoms with E-state index in [-0.39, 0.29) is 5.82 Å². The lowest BCUT2D eigenvalue weighted by Gasteiger charge is -2.07. The molecule has 0 atom stereocenters. The molecule has 2 nitrogen and oxygen atoms in total. The monoisotopic (exact) mass is 254 g/mol. The fourth-order valence-corrected chi connectivity index (χ4v) is 2.42. The van der Waals surface area contributed by atoms with Gasteiger partial charge in [0.1, 0.15) is 5.82 Å². The largest absolute Gasteiger partial charge is 0.399 e. The van der Waals surface area contributed by atoms with E-state index in [1.807, 2.05) is 12.3 Å². The van der Waals surface area contributed by atoms with Crippen LogP contribution in [0.15, 0.2) is 48.7 Å². The van der Waals surface area contributed by atoms with E-state index in [4.69, 9.17) is 5.73 Å². The van der Waals surface area contributed by atoms with E-state index in [1.165, 1.54) is 23.1 Å². The number of benzene rings is 2. The van der Waals surface area contributed by atoms with Gasteiger partial charge in [-0.3, -0.25) is 0 Å². The zero-order valence-corrected chi connectivity index (χ0v) is 10.7. The van der Waals surface area contributed by atoms with Crippen LogP contribution in [0.4, 0.5) is 10.1 Å². The molecule has 0 aliphatic heterocycles. The van der Waals surface area contributed by atoms with Crippen molar-refractivity contribution in [1.29, 1.82) is 0 Å². The van der Waals surface area contributed by atoms with Crippen LogP contribution >= 0.6 is 0 Å². The van der Waals surface area contributed by atoms with Gasteiger partial charge in [-0.2, -0.15) is 0 Å². The number of fused-ring (bicyclic) bond motifs is 1. The molecule has 19 heavy (non-hydrogen) atoms. The molecule has 3 heteroatoms. The molecule has 96 valence electrons. The highest BCUT2D eigenvalue weighted by Crippen LogP contribution is 2.20. The summed E-state index contributed by atoms with van der Waals surface area (Å²) in [6.07, 6.45) is 2.02. The Bertz CT molecular complexity index is 723. The second-order valence-corrected chi connectivity index (χ2v) is 4.90. The van der Waals surface area contributed by atoms with Crippen LogP contribution in [0.3, 0.4) is 0 Å². The molecule has 0 aliphatic rings. The lowest BCUT2D eigenvalue weighted by molar-refractivity contribution is 0.625. The fourth-order valence-electron chi connectivity index (χ4n) is 2.42. The standard InChI is InChI=1S/C16H15FN2/c1-11-2-3-16-13(6-11)4-5-19(16)10-12-7-14(17)9-15(18)8-12/h2-9H,10,18H2,1H3. The quantitative estimate of drug-likeness (QED) is 0.694. The molecule has 2 aromatic carbocycles. The van der Waals surface area contributed by atoms with Crippen LogP contribution in [0, 0.1) is 12.7 Å². The van der Waals surface area contributed by atoms with Gasteiger partial charge in [0.05, 0.1) is 0 Å². The second kappa shape index (κ2) is 4.43. The first kappa shape index (κ1) is 11.8. The molecule has 3 rings (SSSR count). The smallest absolute Gasteiger partial charge is 0.125 e. The number of hydrogen-bond acceptors (Lipinski definition) is 1. The summed E-state index contributed by atoms with van der Waals surface area (Å²) in [4.78, 5) is 0. The van der Waals surface area contributed by atoms with Gasteiger partial charge in [-0.25, -0.2) is 4.39 Å². The Kier molecular flexibility index (Phi) is 2.75. The zero-order valence-electron chi connectivity index (χ0n) is 10.7. The van der Waals surface area contributed by atoms with Crippen LogP contribution in [0.5, 0.6) is 0 Å². The first-order chi connectivity index (χ1) is 9.11. The summed E-state index contributed by atoms with van der Waals surface area (Å²) in [7, 11) is 0. The number of rotatable bonds is 2. The normalized spacial score (nSPS) is 11.1. The molecule has 0 radical (unpaired) electrons. The first-order valence-corrected chi connectivity index (χ1v) is 6.22. The Hall–Kier alpha value is -2.29. The molecule has 0 bridgehead atoms. The Morgan fingerprint density at radius 2 is 1.95 bits per heavy atom. The maximum Gasteiger partial charge on any atom is 0.125 e. The molecule has 3 aromatic rings. The number of halogens is 1. The first-order valence-electron chi connectivity index (χ1n) is 6.22. The van der Waals surface area contributed by atoms with Gasteiger partial charge in [0.2, 0.25) is 0 Å². The minimum Gasteiger partial charge on any atom is -0.399 e. The highest BCUT2D eigenvalue weighted by molar-refractivity contribution is 5.80. The van der Waals surface area contributed by atoms with Gasteiger partial charge in [-0.15, -0.1) is 0 Å². The Morgan fingerprint density at radius 1 is 1.11 bits per heavy atom. The molecule has 0 spiro atoms. The fraction of sp³-hybridized carbons (Fsp3) is 0.125. The van der Waals surface area contributed by atoms with Gasteiger partial charge < -0.3 is 10.3 Å². The van der Waals surface area contributed by atoms with Crippen molar-refractivity contribution >= 4 is 16.6 Å². The number of nitrogen functional groups attached to an aromatic ring is 1. The third-order valence-electron chi connectivity index (χ3n) is 3.26. The minimum atomic E-state index is -0.290. The molecular weight excluding hydrogens is 239 g/mol. The van der Waals surface area contributed by atoms with Crippen LogP contribution in [0.2, 0.25) is 0 Å². The predicted molar refractivity (Wildman–Crippen MR) is 76.6 cm³/mol. The van der Waals surface area contributed by atoms with Crippen molar-refractivity contribution in [2.24, 2.45) is 0 Å². The minimum absolute atomic E-state index is 0.290. The lowest BCUT2D eigenvalue weighted by atomic mass is 10.1. The third-order valence-corrected chi connectivity index (χ3v) is 3.26. The summed E-state index contributed by atoms with van der Waals surface area (Å²) >= 11 is 0. The molecule has 2 N–H and O–H groups in total. The number of nitrogens with zero attached hydrogens (tertiary/aromatic N) is 1. The van der Waals surface area contributed by atoms with Crippen LogP contribution < -0.4 is 5.73 Å². The summed E-state index contributed by atoms with van der Waals surface area (Å²) < 4.78 is 15.4. The molecular formula is C16H15FN2. The average Bonchev–Trinajstić information content (AvgIpc) is 2.70. The number of hydrogen-bond donors (Lipinski definition) is 1. The number of nitrogens with two attached hydrogens (primary N) is 1. The average molecular weight is 254 g/mol. The maximum atomic E-state index is 13.3. The molecule has 1 heterocycles. The van der Waals surface area contributed by atoms with Crippen molar-refractivity contribution in [1.82, 2.24) is 4.57 Å². The van der Waals surface area contributed by atoms with Gasteiger partial charge >= 0.3 is 0 Å². The van der Waals surface area contributed by atoms with E-state index >= 15 is 0 Å². The van der Waals surface area contributed by atoms with Crippen LogP contribution in [0.25, 0.3) is 10.9 Å². The van der Waals surface area contributed by atoms with Gasteiger partial charge in [0, 0.05) is 23.9 Å². The van der Waals surface area contributed by atoms with Crippen LogP contribution in [0.1, 0.15) is 11.1 Å². The maximum absolute atomic E-state index is 13.3. The van der Waals surface area contributed by atoms with E-state index in [0.717, 1.165) is 11.1 Å². The van der Waals surface area contributed by atoms with Gasteiger partial charge in [0.15, 0.2) is 0 Å². The van der Waals surface area contributed by atoms with Gasteiger partial charge in [0.25, 0.3) is 0 Å². The van der Waals surface area contributed by atoms with E-state index in [9.17, 15) is 4.39 Å². The molecule has 0 saturated heterocycles. The van der Waals surface area contributed by atoms with Crippen molar-refractivity contribution in [2.75, 3.05) is 5.73 Å². The summed E-state index contributed by atoms with van der Waals surface area (Å²) in [5, 5.41) is 1.20. The third kappa shape index (κ3) is 2.32. The van der Waals surface area contributed by atoms with Crippen molar-refractivity contribution < 1.29 is 4.39 Å². The van der Waals surface area contributed by atoms with Crippen molar-refractivity contribution in [3.05, 3.63) is 65.6 Å². The van der Waals surface area contributed by atoms with Crippen LogP contribution in [-0.2, 0) is 6.54 Å². The van der Waals surface area contributed by atoms with E-state index in [1.54, 1.807) is 0 Å². The number of anilines is 1. The second-order valence-electron chi connectivity index (χ2n) is 4.90.